The Balaban J connectivity index is 1.55. The maximum absolute atomic E-state index is 10.5. The molecular formula is C17H23N3OS. The summed E-state index contributed by atoms with van der Waals surface area (Å²) in [7, 11) is 0. The summed E-state index contributed by atoms with van der Waals surface area (Å²) in [5.41, 5.74) is 1.09. The summed E-state index contributed by atoms with van der Waals surface area (Å²) in [5, 5.41) is 10.5. The lowest BCUT2D eigenvalue weighted by molar-refractivity contribution is 0.109. The first-order valence-electron chi connectivity index (χ1n) is 7.77. The van der Waals surface area contributed by atoms with Crippen LogP contribution in [0, 0.1) is 13.8 Å². The average Bonchev–Trinajstić information content (AvgIpc) is 2.88. The zero-order valence-corrected chi connectivity index (χ0v) is 14.0. The van der Waals surface area contributed by atoms with E-state index >= 15 is 0 Å². The molecule has 0 aromatic carbocycles. The van der Waals surface area contributed by atoms with Gasteiger partial charge in [0.05, 0.1) is 6.10 Å². The number of aliphatic hydroxyl groups excluding tert-OH is 1. The molecule has 0 amide bonds. The zero-order chi connectivity index (χ0) is 15.5. The van der Waals surface area contributed by atoms with Crippen molar-refractivity contribution in [2.75, 3.05) is 37.6 Å². The lowest BCUT2D eigenvalue weighted by atomic mass is 10.1. The maximum Gasteiger partial charge on any atom is 0.128 e. The van der Waals surface area contributed by atoms with Gasteiger partial charge in [0, 0.05) is 48.7 Å². The predicted molar refractivity (Wildman–Crippen MR) is 91.6 cm³/mol. The van der Waals surface area contributed by atoms with E-state index in [1.165, 1.54) is 9.75 Å². The number of pyridine rings is 1. The van der Waals surface area contributed by atoms with Gasteiger partial charge < -0.3 is 10.0 Å². The molecule has 1 aliphatic heterocycles. The molecule has 1 saturated heterocycles. The van der Waals surface area contributed by atoms with Crippen molar-refractivity contribution in [2.45, 2.75) is 20.0 Å². The number of aliphatic hydroxyl groups is 1. The Kier molecular flexibility index (Phi) is 4.76. The minimum Gasteiger partial charge on any atom is -0.387 e. The molecule has 1 N–H and O–H groups in total. The second-order valence-electron chi connectivity index (χ2n) is 5.86. The summed E-state index contributed by atoms with van der Waals surface area (Å²) in [6, 6.07) is 8.15. The van der Waals surface area contributed by atoms with Crippen LogP contribution in [-0.4, -0.2) is 47.7 Å². The van der Waals surface area contributed by atoms with E-state index in [1.807, 2.05) is 18.3 Å². The van der Waals surface area contributed by atoms with Crippen LogP contribution in [0.3, 0.4) is 0 Å². The van der Waals surface area contributed by atoms with Crippen molar-refractivity contribution in [1.82, 2.24) is 9.88 Å². The molecule has 0 aliphatic carbocycles. The Morgan fingerprint density at radius 2 is 2.00 bits per heavy atom. The van der Waals surface area contributed by atoms with E-state index in [9.17, 15) is 5.11 Å². The van der Waals surface area contributed by atoms with Crippen molar-refractivity contribution in [3.63, 3.8) is 0 Å². The van der Waals surface area contributed by atoms with Crippen molar-refractivity contribution in [2.24, 2.45) is 0 Å². The smallest absolute Gasteiger partial charge is 0.128 e. The minimum atomic E-state index is -0.383. The standard InChI is InChI=1S/C17H23N3OS/c1-13-11-15(14(2)22-13)16(21)12-19-7-9-20(10-8-19)17-5-3-4-6-18-17/h3-6,11,16,21H,7-10,12H2,1-2H3/t16-/m1/s1. The third-order valence-corrected chi connectivity index (χ3v) is 5.20. The highest BCUT2D eigenvalue weighted by molar-refractivity contribution is 7.12. The molecule has 22 heavy (non-hydrogen) atoms. The highest BCUT2D eigenvalue weighted by Crippen LogP contribution is 2.27. The van der Waals surface area contributed by atoms with Crippen molar-refractivity contribution < 1.29 is 5.11 Å². The van der Waals surface area contributed by atoms with Gasteiger partial charge >= 0.3 is 0 Å². The van der Waals surface area contributed by atoms with Crippen LogP contribution in [0.4, 0.5) is 5.82 Å². The number of hydrogen-bond donors (Lipinski definition) is 1. The van der Waals surface area contributed by atoms with Crippen LogP contribution in [0.1, 0.15) is 21.4 Å². The molecule has 4 nitrogen and oxygen atoms in total. The van der Waals surface area contributed by atoms with Gasteiger partial charge in [-0.1, -0.05) is 6.07 Å². The first kappa shape index (κ1) is 15.5. The average molecular weight is 317 g/mol. The van der Waals surface area contributed by atoms with Gasteiger partial charge in [0.25, 0.3) is 0 Å². The number of thiophene rings is 1. The van der Waals surface area contributed by atoms with Gasteiger partial charge in [-0.15, -0.1) is 11.3 Å². The molecule has 3 rings (SSSR count). The lowest BCUT2D eigenvalue weighted by Gasteiger charge is -2.36. The molecule has 118 valence electrons. The molecule has 1 atom stereocenters. The van der Waals surface area contributed by atoms with Crippen molar-refractivity contribution in [1.29, 1.82) is 0 Å². The molecule has 2 aromatic rings. The van der Waals surface area contributed by atoms with Crippen LogP contribution in [0.5, 0.6) is 0 Å². The van der Waals surface area contributed by atoms with Gasteiger partial charge in [0.1, 0.15) is 5.82 Å². The summed E-state index contributed by atoms with van der Waals surface area (Å²) in [4.78, 5) is 11.6. The summed E-state index contributed by atoms with van der Waals surface area (Å²) in [6.07, 6.45) is 1.46. The first-order chi connectivity index (χ1) is 10.6. The van der Waals surface area contributed by atoms with Crippen LogP contribution in [0.25, 0.3) is 0 Å². The van der Waals surface area contributed by atoms with Crippen molar-refractivity contribution in [3.8, 4) is 0 Å². The fourth-order valence-electron chi connectivity index (χ4n) is 3.02. The van der Waals surface area contributed by atoms with Gasteiger partial charge in [-0.3, -0.25) is 4.90 Å². The first-order valence-corrected chi connectivity index (χ1v) is 8.58. The third kappa shape index (κ3) is 3.48. The van der Waals surface area contributed by atoms with E-state index in [4.69, 9.17) is 0 Å². The van der Waals surface area contributed by atoms with Gasteiger partial charge in [-0.05, 0) is 37.6 Å². The molecule has 2 aromatic heterocycles. The highest BCUT2D eigenvalue weighted by atomic mass is 32.1. The number of hydrogen-bond acceptors (Lipinski definition) is 5. The topological polar surface area (TPSA) is 39.6 Å². The molecule has 5 heteroatoms. The largest absolute Gasteiger partial charge is 0.387 e. The maximum atomic E-state index is 10.5. The fourth-order valence-corrected chi connectivity index (χ4v) is 4.01. The zero-order valence-electron chi connectivity index (χ0n) is 13.2. The summed E-state index contributed by atoms with van der Waals surface area (Å²) in [5.74, 6) is 1.05. The second-order valence-corrected chi connectivity index (χ2v) is 7.32. The number of anilines is 1. The molecule has 1 aliphatic rings. The lowest BCUT2D eigenvalue weighted by Crippen LogP contribution is -2.47. The SMILES string of the molecule is Cc1cc([C@H](O)CN2CCN(c3ccccn3)CC2)c(C)s1. The van der Waals surface area contributed by atoms with Crippen LogP contribution in [0.2, 0.25) is 0 Å². The van der Waals surface area contributed by atoms with Crippen LogP contribution >= 0.6 is 11.3 Å². The van der Waals surface area contributed by atoms with E-state index < -0.39 is 0 Å². The molecular weight excluding hydrogens is 294 g/mol. The van der Waals surface area contributed by atoms with Gasteiger partial charge in [-0.2, -0.15) is 0 Å². The van der Waals surface area contributed by atoms with Crippen LogP contribution in [0.15, 0.2) is 30.5 Å². The Labute approximate surface area is 136 Å². The molecule has 0 unspecified atom stereocenters. The number of aryl methyl sites for hydroxylation is 2. The Morgan fingerprint density at radius 1 is 1.23 bits per heavy atom. The van der Waals surface area contributed by atoms with E-state index in [0.717, 1.165) is 37.6 Å². The summed E-state index contributed by atoms with van der Waals surface area (Å²) < 4.78 is 0. The van der Waals surface area contributed by atoms with Crippen LogP contribution in [-0.2, 0) is 0 Å². The van der Waals surface area contributed by atoms with Gasteiger partial charge in [0.2, 0.25) is 0 Å². The van der Waals surface area contributed by atoms with Crippen LogP contribution < -0.4 is 4.90 Å². The van der Waals surface area contributed by atoms with E-state index in [0.29, 0.717) is 6.54 Å². The molecule has 1 fully saturated rings. The molecule has 0 bridgehead atoms. The number of β-amino-alcohol motifs (C(OH)–C–C–N with tert-alkyl or cyclic N) is 1. The second kappa shape index (κ2) is 6.77. The normalized spacial score (nSPS) is 17.7. The Bertz CT molecular complexity index is 606. The highest BCUT2D eigenvalue weighted by Gasteiger charge is 2.21. The number of aromatic nitrogens is 1. The monoisotopic (exact) mass is 317 g/mol. The predicted octanol–water partition coefficient (Wildman–Crippen LogP) is 2.62. The number of rotatable bonds is 4. The quantitative estimate of drug-likeness (QED) is 0.941. The fraction of sp³-hybridized carbons (Fsp3) is 0.471. The van der Waals surface area contributed by atoms with E-state index in [2.05, 4.69) is 40.8 Å². The summed E-state index contributed by atoms with van der Waals surface area (Å²) in [6.45, 7) is 8.77. The Morgan fingerprint density at radius 3 is 2.59 bits per heavy atom. The minimum absolute atomic E-state index is 0.383. The number of piperazine rings is 1. The molecule has 0 radical (unpaired) electrons. The number of nitrogens with zero attached hydrogens (tertiary/aromatic N) is 3. The summed E-state index contributed by atoms with van der Waals surface area (Å²) >= 11 is 1.76. The van der Waals surface area contributed by atoms with E-state index in [1.54, 1.807) is 11.3 Å². The van der Waals surface area contributed by atoms with Crippen molar-refractivity contribution in [3.05, 3.63) is 45.8 Å². The molecule has 0 saturated carbocycles. The van der Waals surface area contributed by atoms with Crippen molar-refractivity contribution >= 4 is 17.2 Å². The van der Waals surface area contributed by atoms with E-state index in [-0.39, 0.29) is 6.10 Å². The van der Waals surface area contributed by atoms with Gasteiger partial charge in [-0.25, -0.2) is 4.98 Å². The molecule has 3 heterocycles. The Hall–Kier alpha value is -1.43. The third-order valence-electron chi connectivity index (χ3n) is 4.22. The van der Waals surface area contributed by atoms with Gasteiger partial charge in [0.15, 0.2) is 0 Å². The molecule has 0 spiro atoms.